The summed E-state index contributed by atoms with van der Waals surface area (Å²) in [5.41, 5.74) is 0. The third kappa shape index (κ3) is 5.41. The highest BCUT2D eigenvalue weighted by Gasteiger charge is 2.34. The minimum absolute atomic E-state index is 0.175. The SMILES string of the molecule is O=S(=O)(O)CCCC(S)(S)S(=O)(=O)O. The van der Waals surface area contributed by atoms with E-state index in [-0.39, 0.29) is 12.8 Å². The Morgan fingerprint density at radius 3 is 1.79 bits per heavy atom. The van der Waals surface area contributed by atoms with E-state index in [0.717, 1.165) is 0 Å². The van der Waals surface area contributed by atoms with Crippen molar-refractivity contribution in [3.05, 3.63) is 0 Å². The molecule has 0 bridgehead atoms. The van der Waals surface area contributed by atoms with Crippen molar-refractivity contribution in [2.75, 3.05) is 5.75 Å². The van der Waals surface area contributed by atoms with E-state index in [1.807, 2.05) is 0 Å². The van der Waals surface area contributed by atoms with Gasteiger partial charge in [-0.3, -0.25) is 9.11 Å². The zero-order valence-electron chi connectivity index (χ0n) is 6.86. The summed E-state index contributed by atoms with van der Waals surface area (Å²) in [5.74, 6) is -0.606. The van der Waals surface area contributed by atoms with E-state index in [9.17, 15) is 16.8 Å². The second-order valence-corrected chi connectivity index (χ2v) is 8.31. The molecule has 0 aromatic rings. The van der Waals surface area contributed by atoms with Gasteiger partial charge in [-0.1, -0.05) is 0 Å². The molecule has 0 saturated carbocycles. The molecule has 0 aliphatic rings. The Bertz CT molecular complexity index is 378. The molecule has 0 heterocycles. The molecule has 0 saturated heterocycles. The molecule has 0 unspecified atom stereocenters. The normalized spacial score (nSPS) is 14.3. The summed E-state index contributed by atoms with van der Waals surface area (Å²) in [6, 6.07) is 0. The van der Waals surface area contributed by atoms with Crippen LogP contribution in [0.1, 0.15) is 12.8 Å². The van der Waals surface area contributed by atoms with Gasteiger partial charge in [0.15, 0.2) is 3.41 Å². The van der Waals surface area contributed by atoms with Crippen LogP contribution in [0.25, 0.3) is 0 Å². The largest absolute Gasteiger partial charge is 0.289 e. The third-order valence-corrected chi connectivity index (χ3v) is 4.98. The van der Waals surface area contributed by atoms with Gasteiger partial charge >= 0.3 is 0 Å². The Balaban J connectivity index is 4.30. The molecule has 0 aromatic heterocycles. The monoisotopic (exact) mass is 282 g/mol. The van der Waals surface area contributed by atoms with Crippen LogP contribution in [0.15, 0.2) is 0 Å². The average molecular weight is 282 g/mol. The van der Waals surface area contributed by atoms with Crippen LogP contribution >= 0.6 is 25.3 Å². The van der Waals surface area contributed by atoms with Crippen LogP contribution in [0.3, 0.4) is 0 Å². The quantitative estimate of drug-likeness (QED) is 0.322. The first-order valence-electron chi connectivity index (χ1n) is 3.33. The van der Waals surface area contributed by atoms with E-state index in [1.165, 1.54) is 0 Å². The first kappa shape index (κ1) is 14.5. The minimum Gasteiger partial charge on any atom is -0.286 e. The second-order valence-electron chi connectivity index (χ2n) is 2.61. The molecule has 2 N–H and O–H groups in total. The van der Waals surface area contributed by atoms with Crippen molar-refractivity contribution in [1.82, 2.24) is 0 Å². The van der Waals surface area contributed by atoms with E-state index in [0.29, 0.717) is 0 Å². The zero-order chi connectivity index (χ0) is 11.6. The fourth-order valence-corrected chi connectivity index (χ4v) is 1.84. The summed E-state index contributed by atoms with van der Waals surface area (Å²) in [7, 11) is -8.60. The van der Waals surface area contributed by atoms with Gasteiger partial charge in [0.1, 0.15) is 0 Å². The van der Waals surface area contributed by atoms with Crippen LogP contribution in [-0.2, 0) is 20.2 Å². The molecule has 14 heavy (non-hydrogen) atoms. The minimum atomic E-state index is -4.47. The van der Waals surface area contributed by atoms with E-state index in [4.69, 9.17) is 9.11 Å². The van der Waals surface area contributed by atoms with E-state index in [1.54, 1.807) is 0 Å². The summed E-state index contributed by atoms with van der Waals surface area (Å²) < 4.78 is 56.6. The van der Waals surface area contributed by atoms with Crippen molar-refractivity contribution in [1.29, 1.82) is 0 Å². The highest BCUT2D eigenvalue weighted by Crippen LogP contribution is 2.31. The average Bonchev–Trinajstić information content (AvgIpc) is 1.80. The van der Waals surface area contributed by atoms with Gasteiger partial charge in [-0.05, 0) is 12.8 Å². The van der Waals surface area contributed by atoms with Gasteiger partial charge in [0.25, 0.3) is 20.2 Å². The third-order valence-electron chi connectivity index (χ3n) is 1.32. The lowest BCUT2D eigenvalue weighted by molar-refractivity contribution is 0.467. The van der Waals surface area contributed by atoms with Gasteiger partial charge in [-0.15, -0.1) is 25.3 Å². The van der Waals surface area contributed by atoms with E-state index < -0.39 is 29.4 Å². The second kappa shape index (κ2) is 4.58. The van der Waals surface area contributed by atoms with Crippen LogP contribution in [0.4, 0.5) is 0 Å². The standard InChI is InChI=1S/C4H10O6S4/c5-13(6,7)3-1-2-4(11,12)14(8,9)10/h11-12H,1-3H2,(H,5,6,7)(H,8,9,10). The lowest BCUT2D eigenvalue weighted by Gasteiger charge is -2.17. The van der Waals surface area contributed by atoms with Crippen LogP contribution in [-0.4, -0.2) is 35.1 Å². The summed E-state index contributed by atoms with van der Waals surface area (Å²) in [5, 5.41) is 0. The summed E-state index contributed by atoms with van der Waals surface area (Å²) in [6.45, 7) is 0. The fourth-order valence-electron chi connectivity index (χ4n) is 0.614. The lowest BCUT2D eigenvalue weighted by Crippen LogP contribution is -2.26. The molecule has 0 spiro atoms. The first-order chi connectivity index (χ1) is 5.96. The van der Waals surface area contributed by atoms with Gasteiger partial charge in [0, 0.05) is 0 Å². The molecule has 86 valence electrons. The van der Waals surface area contributed by atoms with Crippen molar-refractivity contribution < 1.29 is 25.9 Å². The molecule has 0 fully saturated rings. The smallest absolute Gasteiger partial charge is 0.286 e. The highest BCUT2D eigenvalue weighted by atomic mass is 32.3. The van der Waals surface area contributed by atoms with Gasteiger partial charge in [-0.25, -0.2) is 0 Å². The van der Waals surface area contributed by atoms with Crippen LogP contribution < -0.4 is 0 Å². The molecule has 0 aliphatic heterocycles. The van der Waals surface area contributed by atoms with Gasteiger partial charge in [-0.2, -0.15) is 16.8 Å². The van der Waals surface area contributed by atoms with E-state index >= 15 is 0 Å². The molecule has 0 aliphatic carbocycles. The molecular weight excluding hydrogens is 272 g/mol. The number of hydrogen-bond donors (Lipinski definition) is 4. The predicted molar refractivity (Wildman–Crippen MR) is 57.9 cm³/mol. The predicted octanol–water partition coefficient (Wildman–Crippen LogP) is 0.0556. The Morgan fingerprint density at radius 1 is 1.07 bits per heavy atom. The molecule has 0 radical (unpaired) electrons. The lowest BCUT2D eigenvalue weighted by atomic mass is 10.4. The van der Waals surface area contributed by atoms with Crippen molar-refractivity contribution in [3.8, 4) is 0 Å². The molecule has 10 heteroatoms. The molecular formula is C4H10O6S4. The fraction of sp³-hybridized carbons (Fsp3) is 1.00. The summed E-state index contributed by atoms with van der Waals surface area (Å²) >= 11 is 7.09. The maximum absolute atomic E-state index is 10.6. The zero-order valence-corrected chi connectivity index (χ0v) is 10.3. The summed E-state index contributed by atoms with van der Waals surface area (Å²) in [6.07, 6.45) is -0.483. The Morgan fingerprint density at radius 2 is 1.50 bits per heavy atom. The topological polar surface area (TPSA) is 109 Å². The van der Waals surface area contributed by atoms with E-state index in [2.05, 4.69) is 25.3 Å². The Kier molecular flexibility index (Phi) is 4.75. The van der Waals surface area contributed by atoms with Crippen molar-refractivity contribution in [2.45, 2.75) is 16.3 Å². The highest BCUT2D eigenvalue weighted by molar-refractivity contribution is 8.18. The molecule has 0 aromatic carbocycles. The summed E-state index contributed by atoms with van der Waals surface area (Å²) in [4.78, 5) is 0. The number of rotatable bonds is 5. The molecule has 0 atom stereocenters. The Labute approximate surface area is 93.4 Å². The van der Waals surface area contributed by atoms with Crippen LogP contribution in [0, 0.1) is 0 Å². The van der Waals surface area contributed by atoms with Crippen LogP contribution in [0.5, 0.6) is 0 Å². The van der Waals surface area contributed by atoms with Crippen molar-refractivity contribution >= 4 is 45.5 Å². The number of hydrogen-bond acceptors (Lipinski definition) is 6. The Hall–Kier alpha value is 0.520. The van der Waals surface area contributed by atoms with Gasteiger partial charge in [0.05, 0.1) is 5.75 Å². The van der Waals surface area contributed by atoms with Crippen molar-refractivity contribution in [2.24, 2.45) is 0 Å². The van der Waals surface area contributed by atoms with Gasteiger partial charge in [0.2, 0.25) is 0 Å². The molecule has 0 amide bonds. The maximum Gasteiger partial charge on any atom is 0.289 e. The molecule has 6 nitrogen and oxygen atoms in total. The maximum atomic E-state index is 10.6. The number of thiol groups is 2. The van der Waals surface area contributed by atoms with Crippen molar-refractivity contribution in [3.63, 3.8) is 0 Å². The van der Waals surface area contributed by atoms with Crippen LogP contribution in [0.2, 0.25) is 0 Å². The van der Waals surface area contributed by atoms with Gasteiger partial charge < -0.3 is 0 Å². The molecule has 0 rings (SSSR count). The first-order valence-corrected chi connectivity index (χ1v) is 7.27.